The van der Waals surface area contributed by atoms with Gasteiger partial charge in [0.2, 0.25) is 11.8 Å². The number of aromatic nitrogens is 2. The highest BCUT2D eigenvalue weighted by molar-refractivity contribution is 5.90. The SMILES string of the molecule is CCC(C)C1NC(=O)CCN(Cc2cccnn2)C1=O. The van der Waals surface area contributed by atoms with E-state index in [0.29, 0.717) is 19.5 Å². The largest absolute Gasteiger partial charge is 0.344 e. The molecule has 6 heteroatoms. The third-order valence-corrected chi connectivity index (χ3v) is 3.70. The molecule has 1 aliphatic rings. The number of amides is 2. The molecule has 1 aromatic rings. The Hall–Kier alpha value is -1.98. The molecule has 1 N–H and O–H groups in total. The fraction of sp³-hybridized carbons (Fsp3) is 0.571. The van der Waals surface area contributed by atoms with Gasteiger partial charge in [-0.2, -0.15) is 10.2 Å². The average Bonchev–Trinajstić information content (AvgIpc) is 2.61. The summed E-state index contributed by atoms with van der Waals surface area (Å²) in [5.74, 6) is 0.0232. The molecule has 2 atom stereocenters. The van der Waals surface area contributed by atoms with Crippen LogP contribution in [-0.4, -0.2) is 39.5 Å². The van der Waals surface area contributed by atoms with Crippen LogP contribution in [0.4, 0.5) is 0 Å². The minimum absolute atomic E-state index is 0.0316. The van der Waals surface area contributed by atoms with Gasteiger partial charge in [-0.25, -0.2) is 0 Å². The maximum absolute atomic E-state index is 12.6. The molecule has 2 heterocycles. The summed E-state index contributed by atoms with van der Waals surface area (Å²) in [5, 5.41) is 10.6. The lowest BCUT2D eigenvalue weighted by Crippen LogP contribution is -2.48. The Morgan fingerprint density at radius 1 is 1.50 bits per heavy atom. The average molecular weight is 276 g/mol. The van der Waals surface area contributed by atoms with Gasteiger partial charge in [0.1, 0.15) is 6.04 Å². The minimum atomic E-state index is -0.438. The van der Waals surface area contributed by atoms with Crippen molar-refractivity contribution in [1.29, 1.82) is 0 Å². The first kappa shape index (κ1) is 14.4. The summed E-state index contributed by atoms with van der Waals surface area (Å²) >= 11 is 0. The summed E-state index contributed by atoms with van der Waals surface area (Å²) in [6.45, 7) is 4.82. The van der Waals surface area contributed by atoms with E-state index in [0.717, 1.165) is 12.1 Å². The second-order valence-corrected chi connectivity index (χ2v) is 5.16. The van der Waals surface area contributed by atoms with Crippen molar-refractivity contribution in [2.45, 2.75) is 39.3 Å². The van der Waals surface area contributed by atoms with Crippen LogP contribution >= 0.6 is 0 Å². The maximum Gasteiger partial charge on any atom is 0.245 e. The second-order valence-electron chi connectivity index (χ2n) is 5.16. The first-order chi connectivity index (χ1) is 9.61. The van der Waals surface area contributed by atoms with Crippen LogP contribution in [0.5, 0.6) is 0 Å². The first-order valence-corrected chi connectivity index (χ1v) is 6.96. The maximum atomic E-state index is 12.6. The molecule has 1 fully saturated rings. The quantitative estimate of drug-likeness (QED) is 0.880. The van der Waals surface area contributed by atoms with Gasteiger partial charge in [-0.3, -0.25) is 9.59 Å². The zero-order valence-electron chi connectivity index (χ0n) is 11.9. The van der Waals surface area contributed by atoms with Crippen molar-refractivity contribution in [2.75, 3.05) is 6.54 Å². The zero-order chi connectivity index (χ0) is 14.5. The number of rotatable bonds is 4. The van der Waals surface area contributed by atoms with Crippen LogP contribution in [0.3, 0.4) is 0 Å². The van der Waals surface area contributed by atoms with Crippen LogP contribution in [0.15, 0.2) is 18.3 Å². The highest BCUT2D eigenvalue weighted by Gasteiger charge is 2.32. The third-order valence-electron chi connectivity index (χ3n) is 3.70. The van der Waals surface area contributed by atoms with Crippen LogP contribution in [-0.2, 0) is 16.1 Å². The molecule has 2 amide bonds. The normalized spacial score (nSPS) is 21.3. The van der Waals surface area contributed by atoms with E-state index in [1.165, 1.54) is 0 Å². The number of nitrogens with zero attached hydrogens (tertiary/aromatic N) is 3. The molecule has 2 unspecified atom stereocenters. The molecule has 20 heavy (non-hydrogen) atoms. The Morgan fingerprint density at radius 3 is 2.95 bits per heavy atom. The Kier molecular flexibility index (Phi) is 4.65. The van der Waals surface area contributed by atoms with Crippen LogP contribution < -0.4 is 5.32 Å². The topological polar surface area (TPSA) is 75.2 Å². The predicted octanol–water partition coefficient (Wildman–Crippen LogP) is 0.740. The Bertz CT molecular complexity index is 477. The monoisotopic (exact) mass is 276 g/mol. The van der Waals surface area contributed by atoms with E-state index in [-0.39, 0.29) is 17.7 Å². The van der Waals surface area contributed by atoms with E-state index < -0.39 is 6.04 Å². The molecule has 0 saturated carbocycles. The van der Waals surface area contributed by atoms with Gasteiger partial charge in [-0.05, 0) is 18.1 Å². The van der Waals surface area contributed by atoms with Crippen molar-refractivity contribution in [3.05, 3.63) is 24.0 Å². The Labute approximate surface area is 118 Å². The van der Waals surface area contributed by atoms with E-state index >= 15 is 0 Å². The van der Waals surface area contributed by atoms with Crippen LogP contribution in [0.1, 0.15) is 32.4 Å². The highest BCUT2D eigenvalue weighted by Crippen LogP contribution is 2.15. The smallest absolute Gasteiger partial charge is 0.245 e. The van der Waals surface area contributed by atoms with Crippen molar-refractivity contribution in [1.82, 2.24) is 20.4 Å². The molecule has 1 aliphatic heterocycles. The van der Waals surface area contributed by atoms with Crippen molar-refractivity contribution < 1.29 is 9.59 Å². The molecule has 0 bridgehead atoms. The molecular formula is C14H20N4O2. The Balaban J connectivity index is 2.15. The molecule has 0 aromatic carbocycles. The van der Waals surface area contributed by atoms with Crippen LogP contribution in [0.25, 0.3) is 0 Å². The molecule has 1 saturated heterocycles. The molecular weight excluding hydrogens is 256 g/mol. The number of hydrogen-bond acceptors (Lipinski definition) is 4. The molecule has 0 radical (unpaired) electrons. The van der Waals surface area contributed by atoms with Crippen molar-refractivity contribution in [3.63, 3.8) is 0 Å². The minimum Gasteiger partial charge on any atom is -0.344 e. The molecule has 6 nitrogen and oxygen atoms in total. The van der Waals surface area contributed by atoms with Crippen LogP contribution in [0, 0.1) is 5.92 Å². The van der Waals surface area contributed by atoms with E-state index in [9.17, 15) is 9.59 Å². The van der Waals surface area contributed by atoms with Crippen LogP contribution in [0.2, 0.25) is 0 Å². The number of carbonyl (C=O) groups is 2. The van der Waals surface area contributed by atoms with Gasteiger partial charge in [0.25, 0.3) is 0 Å². The second kappa shape index (κ2) is 6.45. The summed E-state index contributed by atoms with van der Waals surface area (Å²) in [5.41, 5.74) is 0.734. The van der Waals surface area contributed by atoms with Gasteiger partial charge < -0.3 is 10.2 Å². The van der Waals surface area contributed by atoms with Gasteiger partial charge >= 0.3 is 0 Å². The molecule has 2 rings (SSSR count). The molecule has 0 spiro atoms. The lowest BCUT2D eigenvalue weighted by molar-refractivity contribution is -0.135. The van der Waals surface area contributed by atoms with Crippen molar-refractivity contribution in [2.24, 2.45) is 5.92 Å². The van der Waals surface area contributed by atoms with E-state index in [4.69, 9.17) is 0 Å². The third kappa shape index (κ3) is 3.31. The summed E-state index contributed by atoms with van der Waals surface area (Å²) in [6.07, 6.45) is 2.77. The van der Waals surface area contributed by atoms with Crippen molar-refractivity contribution >= 4 is 11.8 Å². The van der Waals surface area contributed by atoms with E-state index in [2.05, 4.69) is 15.5 Å². The first-order valence-electron chi connectivity index (χ1n) is 6.96. The van der Waals surface area contributed by atoms with Gasteiger partial charge in [-0.15, -0.1) is 0 Å². The number of carbonyl (C=O) groups excluding carboxylic acids is 2. The molecule has 108 valence electrons. The summed E-state index contributed by atoms with van der Waals surface area (Å²) in [7, 11) is 0. The fourth-order valence-corrected chi connectivity index (χ4v) is 2.24. The van der Waals surface area contributed by atoms with Crippen molar-refractivity contribution in [3.8, 4) is 0 Å². The van der Waals surface area contributed by atoms with Gasteiger partial charge in [0.05, 0.1) is 12.2 Å². The summed E-state index contributed by atoms with van der Waals surface area (Å²) < 4.78 is 0. The van der Waals surface area contributed by atoms with Gasteiger partial charge in [0.15, 0.2) is 0 Å². The Morgan fingerprint density at radius 2 is 2.30 bits per heavy atom. The number of nitrogens with one attached hydrogen (secondary N) is 1. The fourth-order valence-electron chi connectivity index (χ4n) is 2.24. The zero-order valence-corrected chi connectivity index (χ0v) is 11.9. The van der Waals surface area contributed by atoms with E-state index in [1.54, 1.807) is 17.2 Å². The summed E-state index contributed by atoms with van der Waals surface area (Å²) in [4.78, 5) is 26.0. The number of hydrogen-bond donors (Lipinski definition) is 1. The van der Waals surface area contributed by atoms with E-state index in [1.807, 2.05) is 19.9 Å². The van der Waals surface area contributed by atoms with Gasteiger partial charge in [-0.1, -0.05) is 20.3 Å². The summed E-state index contributed by atoms with van der Waals surface area (Å²) in [6, 6.07) is 3.19. The van der Waals surface area contributed by atoms with Gasteiger partial charge in [0, 0.05) is 19.2 Å². The lowest BCUT2D eigenvalue weighted by Gasteiger charge is -2.26. The predicted molar refractivity (Wildman–Crippen MR) is 73.5 cm³/mol. The highest BCUT2D eigenvalue weighted by atomic mass is 16.2. The lowest BCUT2D eigenvalue weighted by atomic mass is 9.98. The molecule has 0 aliphatic carbocycles. The molecule has 1 aromatic heterocycles. The standard InChI is InChI=1S/C14H20N4O2/c1-3-10(2)13-14(20)18(8-6-12(19)16-13)9-11-5-4-7-15-17-11/h4-5,7,10,13H,3,6,8-9H2,1-2H3,(H,16,19).